The van der Waals surface area contributed by atoms with Gasteiger partial charge in [0.1, 0.15) is 17.7 Å². The van der Waals surface area contributed by atoms with E-state index in [1.807, 2.05) is 13.8 Å². The number of fused-ring (bicyclic) bond motifs is 1. The van der Waals surface area contributed by atoms with Gasteiger partial charge in [0.25, 0.3) is 0 Å². The summed E-state index contributed by atoms with van der Waals surface area (Å²) in [4.78, 5) is 63.2. The molecule has 0 aliphatic carbocycles. The first-order valence-electron chi connectivity index (χ1n) is 12.3. The van der Waals surface area contributed by atoms with Gasteiger partial charge in [0.05, 0.1) is 18.0 Å². The lowest BCUT2D eigenvalue weighted by Crippen LogP contribution is -2.55. The summed E-state index contributed by atoms with van der Waals surface area (Å²) in [5.41, 5.74) is 3.02. The van der Waals surface area contributed by atoms with Crippen molar-refractivity contribution in [2.75, 3.05) is 11.9 Å². The number of benzene rings is 1. The van der Waals surface area contributed by atoms with Crippen molar-refractivity contribution >= 4 is 40.3 Å². The highest BCUT2D eigenvalue weighted by molar-refractivity contribution is 6.01. The number of hydrogen-bond donors (Lipinski definition) is 4. The molecule has 14 heteroatoms. The number of carbonyl (C=O) groups is 4. The summed E-state index contributed by atoms with van der Waals surface area (Å²) < 4.78 is 44.7. The van der Waals surface area contributed by atoms with Crippen molar-refractivity contribution in [1.29, 1.82) is 0 Å². The van der Waals surface area contributed by atoms with E-state index in [0.717, 1.165) is 18.2 Å². The lowest BCUT2D eigenvalue weighted by atomic mass is 9.98. The number of anilines is 1. The summed E-state index contributed by atoms with van der Waals surface area (Å²) in [5, 5.41) is 13.6. The Bertz CT molecular complexity index is 1330. The number of aliphatic carboxylic acids is 1. The lowest BCUT2D eigenvalue weighted by Gasteiger charge is -2.29. The molecule has 1 aromatic carbocycles. The highest BCUT2D eigenvalue weighted by Crippen LogP contribution is 2.34. The van der Waals surface area contributed by atoms with E-state index in [-0.39, 0.29) is 24.6 Å². The maximum Gasteiger partial charge on any atom is 0.417 e. The molecule has 0 spiro atoms. The summed E-state index contributed by atoms with van der Waals surface area (Å²) in [6.45, 7) is 3.96. The van der Waals surface area contributed by atoms with Gasteiger partial charge in [0.2, 0.25) is 17.7 Å². The minimum absolute atomic E-state index is 0.100. The molecule has 1 aliphatic rings. The van der Waals surface area contributed by atoms with Crippen molar-refractivity contribution in [3.05, 3.63) is 40.2 Å². The maximum absolute atomic E-state index is 13.3. The monoisotopic (exact) mass is 554 g/mol. The van der Waals surface area contributed by atoms with Gasteiger partial charge in [-0.05, 0) is 30.9 Å². The number of nitrogens with one attached hydrogen (secondary N) is 2. The number of likely N-dealkylation sites (tertiary alicyclic amines) is 1. The zero-order valence-corrected chi connectivity index (χ0v) is 21.2. The molecule has 39 heavy (non-hydrogen) atoms. The van der Waals surface area contributed by atoms with Crippen molar-refractivity contribution < 1.29 is 41.9 Å². The Kier molecular flexibility index (Phi) is 8.99. The molecule has 1 fully saturated rings. The number of rotatable bonds is 9. The van der Waals surface area contributed by atoms with Crippen LogP contribution in [0.3, 0.4) is 0 Å². The van der Waals surface area contributed by atoms with Crippen LogP contribution < -0.4 is 22.0 Å². The number of carboxylic acids is 1. The van der Waals surface area contributed by atoms with E-state index in [4.69, 9.17) is 10.2 Å². The molecule has 0 radical (unpaired) electrons. The van der Waals surface area contributed by atoms with E-state index in [1.165, 1.54) is 4.90 Å². The van der Waals surface area contributed by atoms with Crippen molar-refractivity contribution in [1.82, 2.24) is 10.2 Å². The number of nitrogens with two attached hydrogens (primary N) is 1. The number of nitrogens with zero attached hydrogens (tertiary/aromatic N) is 1. The Hall–Kier alpha value is -3.94. The van der Waals surface area contributed by atoms with Gasteiger partial charge in [-0.15, -0.1) is 0 Å². The maximum atomic E-state index is 13.3. The molecule has 4 atom stereocenters. The topological polar surface area (TPSA) is 172 Å². The van der Waals surface area contributed by atoms with Crippen LogP contribution in [0, 0.1) is 5.92 Å². The second-order valence-corrected chi connectivity index (χ2v) is 9.44. The van der Waals surface area contributed by atoms with Crippen molar-refractivity contribution in [3.8, 4) is 0 Å². The average Bonchev–Trinajstić information content (AvgIpc) is 3.35. The summed E-state index contributed by atoms with van der Waals surface area (Å²) in [6.07, 6.45) is -4.20. The van der Waals surface area contributed by atoms with Crippen LogP contribution in [0.5, 0.6) is 0 Å². The molecule has 2 heterocycles. The van der Waals surface area contributed by atoms with Crippen molar-refractivity contribution in [3.63, 3.8) is 0 Å². The SMILES string of the molecule is CC[C@@H](C)[C@@H](N)C(=O)N1CCC[C@H]1C(=O)N[C@@H](CC(=O)O)C(=O)Nc1ccc2c(C(F)(F)F)cc(=O)oc2c1. The molecular formula is C25H29F3N4O7. The smallest absolute Gasteiger partial charge is 0.417 e. The summed E-state index contributed by atoms with van der Waals surface area (Å²) in [6, 6.07) is 0.0373. The number of carboxylic acid groups (broad SMARTS) is 1. The molecule has 0 saturated carbocycles. The molecule has 3 rings (SSSR count). The molecule has 0 bridgehead atoms. The third kappa shape index (κ3) is 6.93. The fourth-order valence-corrected chi connectivity index (χ4v) is 4.35. The molecule has 5 N–H and O–H groups in total. The van der Waals surface area contributed by atoms with Gasteiger partial charge >= 0.3 is 17.8 Å². The number of amides is 3. The van der Waals surface area contributed by atoms with Crippen LogP contribution in [0.1, 0.15) is 45.1 Å². The van der Waals surface area contributed by atoms with E-state index < -0.39 is 76.6 Å². The molecule has 1 aromatic heterocycles. The van der Waals surface area contributed by atoms with Crippen LogP contribution >= 0.6 is 0 Å². The van der Waals surface area contributed by atoms with E-state index in [9.17, 15) is 42.3 Å². The molecule has 0 unspecified atom stereocenters. The normalized spacial score (nSPS) is 17.9. The molecule has 1 aliphatic heterocycles. The summed E-state index contributed by atoms with van der Waals surface area (Å²) >= 11 is 0. The van der Waals surface area contributed by atoms with Crippen LogP contribution in [0.4, 0.5) is 18.9 Å². The Labute approximate surface area is 220 Å². The molecule has 212 valence electrons. The first-order chi connectivity index (χ1) is 18.2. The van der Waals surface area contributed by atoms with Gasteiger partial charge in [-0.2, -0.15) is 13.2 Å². The molecular weight excluding hydrogens is 525 g/mol. The minimum atomic E-state index is -4.83. The van der Waals surface area contributed by atoms with Gasteiger partial charge in [0, 0.05) is 29.8 Å². The Morgan fingerprint density at radius 3 is 2.54 bits per heavy atom. The van der Waals surface area contributed by atoms with Gasteiger partial charge < -0.3 is 30.8 Å². The Morgan fingerprint density at radius 1 is 1.23 bits per heavy atom. The fourth-order valence-electron chi connectivity index (χ4n) is 4.35. The Balaban J connectivity index is 1.79. The highest BCUT2D eigenvalue weighted by Gasteiger charge is 2.39. The van der Waals surface area contributed by atoms with Gasteiger partial charge in [-0.25, -0.2) is 4.79 Å². The lowest BCUT2D eigenvalue weighted by molar-refractivity contribution is -0.142. The van der Waals surface area contributed by atoms with Gasteiger partial charge in [-0.1, -0.05) is 20.3 Å². The van der Waals surface area contributed by atoms with E-state index in [1.54, 1.807) is 0 Å². The molecule has 11 nitrogen and oxygen atoms in total. The van der Waals surface area contributed by atoms with E-state index in [2.05, 4.69) is 10.6 Å². The zero-order valence-electron chi connectivity index (χ0n) is 21.2. The van der Waals surface area contributed by atoms with E-state index >= 15 is 0 Å². The summed E-state index contributed by atoms with van der Waals surface area (Å²) in [7, 11) is 0. The largest absolute Gasteiger partial charge is 0.481 e. The third-order valence-electron chi connectivity index (χ3n) is 6.71. The Morgan fingerprint density at radius 2 is 1.92 bits per heavy atom. The van der Waals surface area contributed by atoms with Crippen molar-refractivity contribution in [2.45, 2.75) is 63.8 Å². The predicted molar refractivity (Wildman–Crippen MR) is 132 cm³/mol. The number of hydrogen-bond acceptors (Lipinski definition) is 7. The average molecular weight is 555 g/mol. The number of alkyl halides is 3. The second kappa shape index (κ2) is 11.8. The zero-order chi connectivity index (χ0) is 29.1. The predicted octanol–water partition coefficient (Wildman–Crippen LogP) is 2.07. The highest BCUT2D eigenvalue weighted by atomic mass is 19.4. The fraction of sp³-hybridized carbons (Fsp3) is 0.480. The van der Waals surface area contributed by atoms with E-state index in [0.29, 0.717) is 18.9 Å². The van der Waals surface area contributed by atoms with Crippen LogP contribution in [0.15, 0.2) is 33.5 Å². The molecule has 1 saturated heterocycles. The molecule has 3 amide bonds. The third-order valence-corrected chi connectivity index (χ3v) is 6.71. The first kappa shape index (κ1) is 29.6. The van der Waals surface area contributed by atoms with Crippen LogP contribution in [0.2, 0.25) is 0 Å². The van der Waals surface area contributed by atoms with Crippen molar-refractivity contribution in [2.24, 2.45) is 11.7 Å². The second-order valence-electron chi connectivity index (χ2n) is 9.44. The van der Waals surface area contributed by atoms with Crippen LogP contribution in [-0.2, 0) is 25.4 Å². The number of carbonyl (C=O) groups excluding carboxylic acids is 3. The first-order valence-corrected chi connectivity index (χ1v) is 12.3. The van der Waals surface area contributed by atoms with Gasteiger partial charge in [0.15, 0.2) is 0 Å². The quantitative estimate of drug-likeness (QED) is 0.341. The minimum Gasteiger partial charge on any atom is -0.481 e. The van der Waals surface area contributed by atoms with Crippen LogP contribution in [0.25, 0.3) is 11.0 Å². The molecule has 2 aromatic rings. The van der Waals surface area contributed by atoms with Crippen LogP contribution in [-0.4, -0.2) is 58.4 Å². The van der Waals surface area contributed by atoms with Gasteiger partial charge in [-0.3, -0.25) is 19.2 Å². The standard InChI is InChI=1S/C25H29F3N4O7/c1-3-12(2)21(29)24(38)32-8-4-5-17(32)23(37)31-16(11-19(33)34)22(36)30-13-6-7-14-15(25(26,27)28)10-20(35)39-18(14)9-13/h6-7,9-10,12,16-17,21H,3-5,8,11,29H2,1-2H3,(H,30,36)(H,31,37)(H,33,34)/t12-,16+,17+,21-/m1/s1. The summed E-state index contributed by atoms with van der Waals surface area (Å²) in [5.74, 6) is -3.68. The number of halogens is 3.